The number of rotatable bonds is 5. The first-order valence-corrected chi connectivity index (χ1v) is 12.2. The minimum Gasteiger partial charge on any atom is -0.481 e. The van der Waals surface area contributed by atoms with E-state index in [4.69, 9.17) is 11.6 Å². The molecule has 9 heteroatoms. The van der Waals surface area contributed by atoms with Gasteiger partial charge in [-0.15, -0.1) is 0 Å². The highest BCUT2D eigenvalue weighted by atomic mass is 35.5. The molecule has 29 heavy (non-hydrogen) atoms. The van der Waals surface area contributed by atoms with Gasteiger partial charge in [-0.3, -0.25) is 9.78 Å². The topological polar surface area (TPSA) is 89.3 Å². The molecule has 1 aromatic carbocycles. The van der Waals surface area contributed by atoms with Gasteiger partial charge in [-0.2, -0.15) is 0 Å². The fourth-order valence-electron chi connectivity index (χ4n) is 3.94. The highest BCUT2D eigenvalue weighted by Gasteiger charge is 2.32. The Bertz CT molecular complexity index is 1200. The molecule has 0 fully saturated rings. The van der Waals surface area contributed by atoms with Crippen molar-refractivity contribution in [1.82, 2.24) is 9.55 Å². The molecule has 0 aliphatic carbocycles. The van der Waals surface area contributed by atoms with E-state index in [-0.39, 0.29) is 17.2 Å². The number of sulfone groups is 1. The molecule has 1 atom stereocenters. The molecule has 152 valence electrons. The van der Waals surface area contributed by atoms with Gasteiger partial charge in [0, 0.05) is 50.8 Å². The summed E-state index contributed by atoms with van der Waals surface area (Å²) in [6.45, 7) is 0.706. The molecule has 1 N–H and O–H groups in total. The third kappa shape index (κ3) is 3.89. The zero-order chi connectivity index (χ0) is 20.8. The maximum atomic E-state index is 12.5. The molecule has 1 aliphatic rings. The number of pyridine rings is 1. The molecule has 1 aliphatic heterocycles. The van der Waals surface area contributed by atoms with Crippen LogP contribution in [0.4, 0.5) is 0 Å². The monoisotopic (exact) mass is 450 g/mol. The lowest BCUT2D eigenvalue weighted by molar-refractivity contribution is -0.137. The number of benzene rings is 1. The average Bonchev–Trinajstić information content (AvgIpc) is 2.97. The van der Waals surface area contributed by atoms with Gasteiger partial charge < -0.3 is 9.67 Å². The summed E-state index contributed by atoms with van der Waals surface area (Å²) in [6.07, 6.45) is 5.81. The van der Waals surface area contributed by atoms with Crippen LogP contribution in [0.3, 0.4) is 0 Å². The van der Waals surface area contributed by atoms with Crippen molar-refractivity contribution in [2.45, 2.75) is 46.4 Å². The van der Waals surface area contributed by atoms with Gasteiger partial charge in [0.2, 0.25) is 0 Å². The molecule has 0 spiro atoms. The Labute approximate surface area is 177 Å². The number of aromatic nitrogens is 2. The summed E-state index contributed by atoms with van der Waals surface area (Å²) in [5.41, 5.74) is 1.61. The summed E-state index contributed by atoms with van der Waals surface area (Å²) >= 11 is 7.45. The van der Waals surface area contributed by atoms with Crippen LogP contribution in [0.2, 0.25) is 5.02 Å². The second-order valence-corrected chi connectivity index (χ2v) is 10.7. The lowest BCUT2D eigenvalue weighted by Gasteiger charge is -2.25. The van der Waals surface area contributed by atoms with Crippen LogP contribution in [0.25, 0.3) is 10.9 Å². The first kappa shape index (κ1) is 20.3. The Balaban J connectivity index is 2.01. The molecule has 3 aromatic rings. The van der Waals surface area contributed by atoms with Crippen LogP contribution >= 0.6 is 23.4 Å². The van der Waals surface area contributed by atoms with Crippen molar-refractivity contribution < 1.29 is 18.3 Å². The standard InChI is InChI=1S/C20H19ClN2O4S2/c1-29(26,27)16-11-22-10-15-18(16)20(28-14-6-4-13(21)5-7-14)19-12(9-17(24)25)3-2-8-23(15)19/h4-7,10-12H,2-3,8-9H2,1H3,(H,24,25)/t12-/m1/s1. The van der Waals surface area contributed by atoms with Gasteiger partial charge in [0.1, 0.15) is 0 Å². The third-order valence-electron chi connectivity index (χ3n) is 5.11. The van der Waals surface area contributed by atoms with E-state index in [1.165, 1.54) is 24.2 Å². The number of fused-ring (bicyclic) bond motifs is 3. The predicted octanol–water partition coefficient (Wildman–Crippen LogP) is 4.60. The van der Waals surface area contributed by atoms with Gasteiger partial charge in [-0.1, -0.05) is 23.4 Å². The molecule has 0 unspecified atom stereocenters. The Morgan fingerprint density at radius 3 is 2.69 bits per heavy atom. The van der Waals surface area contributed by atoms with E-state index in [1.54, 1.807) is 18.3 Å². The highest BCUT2D eigenvalue weighted by molar-refractivity contribution is 7.99. The Morgan fingerprint density at radius 2 is 2.03 bits per heavy atom. The number of aryl methyl sites for hydroxylation is 1. The minimum absolute atomic E-state index is 0.00609. The molecule has 0 bridgehead atoms. The van der Waals surface area contributed by atoms with Crippen LogP contribution in [0.1, 0.15) is 30.9 Å². The van der Waals surface area contributed by atoms with Crippen molar-refractivity contribution in [1.29, 1.82) is 0 Å². The summed E-state index contributed by atoms with van der Waals surface area (Å²) in [7, 11) is -3.52. The summed E-state index contributed by atoms with van der Waals surface area (Å²) in [6, 6.07) is 7.31. The Morgan fingerprint density at radius 1 is 1.31 bits per heavy atom. The van der Waals surface area contributed by atoms with E-state index < -0.39 is 15.8 Å². The molecule has 6 nitrogen and oxygen atoms in total. The normalized spacial score (nSPS) is 16.7. The summed E-state index contributed by atoms with van der Waals surface area (Å²) < 4.78 is 27.0. The maximum Gasteiger partial charge on any atom is 0.304 e. The fraction of sp³-hybridized carbons (Fsp3) is 0.300. The summed E-state index contributed by atoms with van der Waals surface area (Å²) in [5, 5.41) is 10.7. The maximum absolute atomic E-state index is 12.5. The zero-order valence-corrected chi connectivity index (χ0v) is 18.0. The second-order valence-electron chi connectivity index (χ2n) is 7.16. The van der Waals surface area contributed by atoms with Crippen LogP contribution in [0.15, 0.2) is 51.3 Å². The fourth-order valence-corrected chi connectivity index (χ4v) is 6.16. The van der Waals surface area contributed by atoms with Crippen molar-refractivity contribution in [2.75, 3.05) is 6.26 Å². The Kier molecular flexibility index (Phi) is 5.35. The number of aliphatic carboxylic acids is 1. The first-order chi connectivity index (χ1) is 13.8. The number of carboxylic acid groups (broad SMARTS) is 1. The van der Waals surface area contributed by atoms with Crippen LogP contribution in [-0.4, -0.2) is 35.3 Å². The van der Waals surface area contributed by atoms with Crippen molar-refractivity contribution in [3.63, 3.8) is 0 Å². The lowest BCUT2D eigenvalue weighted by Crippen LogP contribution is -2.18. The number of hydrogen-bond acceptors (Lipinski definition) is 5. The predicted molar refractivity (Wildman–Crippen MR) is 113 cm³/mol. The van der Waals surface area contributed by atoms with E-state index >= 15 is 0 Å². The SMILES string of the molecule is CS(=O)(=O)c1cncc2c1c(Sc1ccc(Cl)cc1)c1n2CCC[C@@H]1CC(=O)O. The van der Waals surface area contributed by atoms with Gasteiger partial charge in [-0.05, 0) is 37.1 Å². The zero-order valence-electron chi connectivity index (χ0n) is 15.6. The molecule has 0 saturated heterocycles. The van der Waals surface area contributed by atoms with Gasteiger partial charge in [0.05, 0.1) is 23.0 Å². The van der Waals surface area contributed by atoms with E-state index in [0.29, 0.717) is 17.0 Å². The molecule has 0 saturated carbocycles. The van der Waals surface area contributed by atoms with Crippen molar-refractivity contribution >= 4 is 50.1 Å². The van der Waals surface area contributed by atoms with Crippen molar-refractivity contribution in [3.8, 4) is 0 Å². The van der Waals surface area contributed by atoms with Crippen LogP contribution < -0.4 is 0 Å². The number of carbonyl (C=O) groups is 1. The molecular weight excluding hydrogens is 432 g/mol. The number of hydrogen-bond donors (Lipinski definition) is 1. The third-order valence-corrected chi connectivity index (χ3v) is 7.59. The van der Waals surface area contributed by atoms with Crippen molar-refractivity contribution in [2.24, 2.45) is 0 Å². The van der Waals surface area contributed by atoms with Gasteiger partial charge >= 0.3 is 5.97 Å². The highest BCUT2D eigenvalue weighted by Crippen LogP contribution is 2.47. The minimum atomic E-state index is -3.52. The van der Waals surface area contributed by atoms with Crippen LogP contribution in [0, 0.1) is 0 Å². The Hall–Kier alpha value is -2.03. The lowest BCUT2D eigenvalue weighted by atomic mass is 9.93. The quantitative estimate of drug-likeness (QED) is 0.611. The van der Waals surface area contributed by atoms with Gasteiger partial charge in [0.15, 0.2) is 9.84 Å². The van der Waals surface area contributed by atoms with E-state index in [1.807, 2.05) is 16.7 Å². The molecule has 4 rings (SSSR count). The van der Waals surface area contributed by atoms with E-state index in [9.17, 15) is 18.3 Å². The number of halogens is 1. The van der Waals surface area contributed by atoms with E-state index in [0.717, 1.165) is 33.8 Å². The molecule has 0 radical (unpaired) electrons. The van der Waals surface area contributed by atoms with Gasteiger partial charge in [0.25, 0.3) is 0 Å². The van der Waals surface area contributed by atoms with Gasteiger partial charge in [-0.25, -0.2) is 8.42 Å². The molecule has 2 aromatic heterocycles. The summed E-state index contributed by atoms with van der Waals surface area (Å²) in [4.78, 5) is 17.5. The van der Waals surface area contributed by atoms with Crippen molar-refractivity contribution in [3.05, 3.63) is 47.4 Å². The van der Waals surface area contributed by atoms with E-state index in [2.05, 4.69) is 4.98 Å². The molecule has 3 heterocycles. The number of nitrogens with zero attached hydrogens (tertiary/aromatic N) is 2. The first-order valence-electron chi connectivity index (χ1n) is 9.11. The summed E-state index contributed by atoms with van der Waals surface area (Å²) in [5.74, 6) is -1.05. The second kappa shape index (κ2) is 7.66. The molecule has 0 amide bonds. The molecular formula is C20H19ClN2O4S2. The smallest absolute Gasteiger partial charge is 0.304 e. The van der Waals surface area contributed by atoms with Crippen LogP contribution in [-0.2, 0) is 21.2 Å². The average molecular weight is 451 g/mol. The largest absolute Gasteiger partial charge is 0.481 e. The van der Waals surface area contributed by atoms with Crippen LogP contribution in [0.5, 0.6) is 0 Å². The number of carboxylic acids is 1.